The molecule has 0 radical (unpaired) electrons. The molecule has 2 atom stereocenters. The minimum absolute atomic E-state index is 0.0292. The van der Waals surface area contributed by atoms with Crippen LogP contribution in [0.3, 0.4) is 0 Å². The summed E-state index contributed by atoms with van der Waals surface area (Å²) in [6.45, 7) is 0.883. The summed E-state index contributed by atoms with van der Waals surface area (Å²) in [5.74, 6) is 0.814. The number of alkyl halides is 3. The Morgan fingerprint density at radius 3 is 2.56 bits per heavy atom. The van der Waals surface area contributed by atoms with E-state index in [1.54, 1.807) is 12.7 Å². The number of rotatable bonds is 6. The number of aromatic nitrogens is 3. The molecule has 3 rings (SSSR count). The van der Waals surface area contributed by atoms with Gasteiger partial charge in [-0.05, 0) is 43.9 Å². The van der Waals surface area contributed by atoms with Crippen LogP contribution in [0.2, 0.25) is 0 Å². The summed E-state index contributed by atoms with van der Waals surface area (Å²) >= 11 is 19.0. The molecule has 1 heterocycles. The molecular formula is C12H16Cl3N3. The Bertz CT molecular complexity index is 414. The molecule has 3 nitrogen and oxygen atoms in total. The van der Waals surface area contributed by atoms with Crippen molar-refractivity contribution in [1.82, 2.24) is 14.8 Å². The lowest BCUT2D eigenvalue weighted by molar-refractivity contribution is 0.367. The summed E-state index contributed by atoms with van der Waals surface area (Å²) in [6, 6.07) is 0. The van der Waals surface area contributed by atoms with Crippen LogP contribution in [-0.4, -0.2) is 24.0 Å². The van der Waals surface area contributed by atoms with Crippen molar-refractivity contribution in [3.63, 3.8) is 0 Å². The summed E-state index contributed by atoms with van der Waals surface area (Å²) in [4.78, 5) is 3.91. The quantitative estimate of drug-likeness (QED) is 0.751. The number of hydrogen-bond donors (Lipinski definition) is 0. The second kappa shape index (κ2) is 4.53. The second-order valence-corrected chi connectivity index (χ2v) is 7.81. The predicted octanol–water partition coefficient (Wildman–Crippen LogP) is 3.64. The Morgan fingerprint density at radius 1 is 1.33 bits per heavy atom. The minimum atomic E-state index is -0.525. The molecule has 0 aliphatic heterocycles. The van der Waals surface area contributed by atoms with E-state index in [4.69, 9.17) is 34.8 Å². The van der Waals surface area contributed by atoms with E-state index < -0.39 is 4.33 Å². The maximum absolute atomic E-state index is 6.58. The third kappa shape index (κ3) is 2.63. The number of aryl methyl sites for hydroxylation is 1. The molecule has 18 heavy (non-hydrogen) atoms. The van der Waals surface area contributed by atoms with Gasteiger partial charge in [-0.25, -0.2) is 4.98 Å². The summed E-state index contributed by atoms with van der Waals surface area (Å²) in [5.41, 5.74) is 0. The van der Waals surface area contributed by atoms with Gasteiger partial charge in [0.05, 0.1) is 0 Å². The topological polar surface area (TPSA) is 30.7 Å². The van der Waals surface area contributed by atoms with Crippen molar-refractivity contribution in [3.8, 4) is 0 Å². The van der Waals surface area contributed by atoms with Gasteiger partial charge in [0.1, 0.15) is 17.0 Å². The highest BCUT2D eigenvalue weighted by molar-refractivity contribution is 6.51. The Balaban J connectivity index is 1.54. The summed E-state index contributed by atoms with van der Waals surface area (Å²) in [5, 5.41) is 4.10. The fourth-order valence-electron chi connectivity index (χ4n) is 2.80. The maximum atomic E-state index is 6.58. The van der Waals surface area contributed by atoms with Gasteiger partial charge in [0.2, 0.25) is 0 Å². The van der Waals surface area contributed by atoms with Crippen LogP contribution in [-0.2, 0) is 6.54 Å². The molecule has 2 aliphatic rings. The zero-order chi connectivity index (χ0) is 12.8. The van der Waals surface area contributed by atoms with E-state index in [0.29, 0.717) is 11.8 Å². The molecule has 1 aromatic heterocycles. The van der Waals surface area contributed by atoms with Gasteiger partial charge < -0.3 is 0 Å². The number of hydrogen-bond acceptors (Lipinski definition) is 2. The zero-order valence-electron chi connectivity index (χ0n) is 10.0. The highest BCUT2D eigenvalue weighted by Gasteiger charge is 2.62. The van der Waals surface area contributed by atoms with Crippen LogP contribution in [0.1, 0.15) is 32.1 Å². The van der Waals surface area contributed by atoms with Crippen molar-refractivity contribution < 1.29 is 0 Å². The Kier molecular flexibility index (Phi) is 3.28. The maximum Gasteiger partial charge on any atom is 0.137 e. The van der Waals surface area contributed by atoms with Crippen LogP contribution in [0.4, 0.5) is 0 Å². The lowest BCUT2D eigenvalue weighted by Crippen LogP contribution is -2.21. The van der Waals surface area contributed by atoms with Crippen LogP contribution in [0, 0.1) is 11.8 Å². The lowest BCUT2D eigenvalue weighted by atomic mass is 9.92. The monoisotopic (exact) mass is 307 g/mol. The first-order valence-corrected chi connectivity index (χ1v) is 7.54. The molecule has 0 bridgehead atoms. The fraction of sp³-hybridized carbons (Fsp3) is 0.833. The highest BCUT2D eigenvalue weighted by atomic mass is 35.5. The average molecular weight is 309 g/mol. The van der Waals surface area contributed by atoms with Crippen LogP contribution < -0.4 is 0 Å². The van der Waals surface area contributed by atoms with Crippen molar-refractivity contribution in [3.05, 3.63) is 12.7 Å². The van der Waals surface area contributed by atoms with Gasteiger partial charge in [0.15, 0.2) is 0 Å². The lowest BCUT2D eigenvalue weighted by Gasteiger charge is -2.22. The molecule has 0 saturated heterocycles. The predicted molar refractivity (Wildman–Crippen MR) is 73.1 cm³/mol. The van der Waals surface area contributed by atoms with Crippen molar-refractivity contribution in [2.75, 3.05) is 0 Å². The van der Waals surface area contributed by atoms with Crippen molar-refractivity contribution >= 4 is 34.8 Å². The third-order valence-corrected chi connectivity index (χ3v) is 5.65. The highest BCUT2D eigenvalue weighted by Crippen LogP contribution is 2.65. The first-order chi connectivity index (χ1) is 8.51. The van der Waals surface area contributed by atoms with Crippen LogP contribution in [0.5, 0.6) is 0 Å². The van der Waals surface area contributed by atoms with Crippen molar-refractivity contribution in [2.24, 2.45) is 11.8 Å². The second-order valence-electron chi connectivity index (χ2n) is 5.51. The normalized spacial score (nSPS) is 28.9. The van der Waals surface area contributed by atoms with E-state index in [1.807, 2.05) is 4.68 Å². The van der Waals surface area contributed by atoms with Crippen molar-refractivity contribution in [1.29, 1.82) is 0 Å². The average Bonchev–Trinajstić information content (AvgIpc) is 3.09. The van der Waals surface area contributed by atoms with E-state index in [9.17, 15) is 0 Å². The van der Waals surface area contributed by atoms with Gasteiger partial charge in [-0.3, -0.25) is 4.68 Å². The first-order valence-electron chi connectivity index (χ1n) is 6.40. The summed E-state index contributed by atoms with van der Waals surface area (Å²) in [7, 11) is 0. The van der Waals surface area contributed by atoms with Crippen LogP contribution >= 0.6 is 34.8 Å². The fourth-order valence-corrected chi connectivity index (χ4v) is 3.80. The molecule has 0 N–H and O–H groups in total. The van der Waals surface area contributed by atoms with Crippen LogP contribution in [0.25, 0.3) is 0 Å². The Morgan fingerprint density at radius 2 is 2.06 bits per heavy atom. The van der Waals surface area contributed by atoms with E-state index in [0.717, 1.165) is 38.6 Å². The molecule has 2 saturated carbocycles. The first kappa shape index (κ1) is 13.0. The van der Waals surface area contributed by atoms with Gasteiger partial charge in [-0.15, -0.1) is 34.8 Å². The molecule has 0 aromatic carbocycles. The molecule has 6 heteroatoms. The Labute approximate surface area is 122 Å². The molecule has 1 unspecified atom stereocenters. The molecular weight excluding hydrogens is 293 g/mol. The van der Waals surface area contributed by atoms with E-state index >= 15 is 0 Å². The number of nitrogens with zero attached hydrogens (tertiary/aromatic N) is 3. The van der Waals surface area contributed by atoms with Gasteiger partial charge in [0, 0.05) is 11.4 Å². The van der Waals surface area contributed by atoms with E-state index in [2.05, 4.69) is 10.1 Å². The molecule has 1 aromatic rings. The molecule has 100 valence electrons. The summed E-state index contributed by atoms with van der Waals surface area (Å²) < 4.78 is 1.33. The zero-order valence-corrected chi connectivity index (χ0v) is 12.3. The third-order valence-electron chi connectivity index (χ3n) is 4.12. The van der Waals surface area contributed by atoms with Crippen LogP contribution in [0.15, 0.2) is 12.7 Å². The van der Waals surface area contributed by atoms with E-state index in [-0.39, 0.29) is 4.87 Å². The van der Waals surface area contributed by atoms with Gasteiger partial charge >= 0.3 is 0 Å². The standard InChI is InChI=1S/C12H16Cl3N3/c13-11(3-4-11)9(10-6-12(10,14)15)2-1-5-18-8-16-7-17-18/h7-10H,1-6H2/t9?,10-/m0/s1. The van der Waals surface area contributed by atoms with Gasteiger partial charge in [-0.1, -0.05) is 0 Å². The van der Waals surface area contributed by atoms with Gasteiger partial charge in [-0.2, -0.15) is 5.10 Å². The number of halogens is 3. The smallest absolute Gasteiger partial charge is 0.137 e. The molecule has 2 fully saturated rings. The molecule has 2 aliphatic carbocycles. The molecule has 0 spiro atoms. The van der Waals surface area contributed by atoms with Crippen molar-refractivity contribution in [2.45, 2.75) is 47.9 Å². The van der Waals surface area contributed by atoms with Gasteiger partial charge in [0.25, 0.3) is 0 Å². The minimum Gasteiger partial charge on any atom is -0.253 e. The largest absolute Gasteiger partial charge is 0.253 e. The molecule has 0 amide bonds. The Hall–Kier alpha value is 0.01000. The summed E-state index contributed by atoms with van der Waals surface area (Å²) in [6.07, 6.45) is 8.50. The SMILES string of the molecule is ClC1(C(CCCn2cncn2)[C@@H]2CC2(Cl)Cl)CC1. The van der Waals surface area contributed by atoms with E-state index in [1.165, 1.54) is 0 Å².